The van der Waals surface area contributed by atoms with E-state index in [1.807, 2.05) is 0 Å². The number of halogens is 1. The van der Waals surface area contributed by atoms with E-state index >= 15 is 0 Å². The third kappa shape index (κ3) is 2.74. The van der Waals surface area contributed by atoms with Crippen molar-refractivity contribution in [1.82, 2.24) is 4.98 Å². The zero-order valence-corrected chi connectivity index (χ0v) is 8.63. The van der Waals surface area contributed by atoms with Crippen molar-refractivity contribution >= 4 is 5.97 Å². The van der Waals surface area contributed by atoms with Crippen molar-refractivity contribution in [3.63, 3.8) is 0 Å². The Morgan fingerprint density at radius 1 is 1.62 bits per heavy atom. The van der Waals surface area contributed by atoms with Gasteiger partial charge in [-0.25, -0.2) is 9.78 Å². The average molecular weight is 229 g/mol. The molecule has 1 aromatic rings. The number of aromatic nitrogens is 1. The molecule has 2 unspecified atom stereocenters. The Balaban J connectivity index is 2.82. The smallest absolute Gasteiger partial charge is 0.338 e. The van der Waals surface area contributed by atoms with Gasteiger partial charge in [0.1, 0.15) is 6.10 Å². The van der Waals surface area contributed by atoms with Crippen LogP contribution in [0.5, 0.6) is 0 Å². The molecule has 6 heteroatoms. The standard InChI is InChI=1S/C10H12FNO4/c1-2-16-10(15)8(14)7(13)6-4-3-5-12-9(6)11/h3-5,7-8,13-14H,2H2,1H3. The molecule has 0 amide bonds. The first kappa shape index (κ1) is 12.5. The second-order valence-corrected chi connectivity index (χ2v) is 3.03. The Kier molecular flexibility index (Phi) is 4.33. The van der Waals surface area contributed by atoms with Gasteiger partial charge < -0.3 is 14.9 Å². The number of pyridine rings is 1. The maximum absolute atomic E-state index is 13.1. The number of hydrogen-bond donors (Lipinski definition) is 2. The van der Waals surface area contributed by atoms with Crippen molar-refractivity contribution in [3.05, 3.63) is 29.8 Å². The molecule has 1 rings (SSSR count). The zero-order chi connectivity index (χ0) is 12.1. The van der Waals surface area contributed by atoms with Crippen LogP contribution in [0.2, 0.25) is 0 Å². The summed E-state index contributed by atoms with van der Waals surface area (Å²) < 4.78 is 17.6. The van der Waals surface area contributed by atoms with Gasteiger partial charge in [-0.3, -0.25) is 0 Å². The lowest BCUT2D eigenvalue weighted by molar-refractivity contribution is -0.159. The minimum Gasteiger partial charge on any atom is -0.464 e. The van der Waals surface area contributed by atoms with Crippen LogP contribution in [0.15, 0.2) is 18.3 Å². The highest BCUT2D eigenvalue weighted by molar-refractivity contribution is 5.75. The predicted molar refractivity (Wildman–Crippen MR) is 51.8 cm³/mol. The molecule has 0 bridgehead atoms. The summed E-state index contributed by atoms with van der Waals surface area (Å²) >= 11 is 0. The molecule has 0 aliphatic heterocycles. The van der Waals surface area contributed by atoms with E-state index in [9.17, 15) is 19.4 Å². The zero-order valence-electron chi connectivity index (χ0n) is 8.63. The maximum Gasteiger partial charge on any atom is 0.338 e. The highest BCUT2D eigenvalue weighted by Gasteiger charge is 2.29. The van der Waals surface area contributed by atoms with E-state index in [0.717, 1.165) is 0 Å². The number of carbonyl (C=O) groups excluding carboxylic acids is 1. The third-order valence-corrected chi connectivity index (χ3v) is 1.93. The lowest BCUT2D eigenvalue weighted by Gasteiger charge is -2.16. The molecule has 0 aromatic carbocycles. The summed E-state index contributed by atoms with van der Waals surface area (Å²) in [6.45, 7) is 1.62. The number of esters is 1. The molecule has 88 valence electrons. The van der Waals surface area contributed by atoms with Crippen LogP contribution in [0, 0.1) is 5.95 Å². The maximum atomic E-state index is 13.1. The fourth-order valence-electron chi connectivity index (χ4n) is 1.15. The molecule has 2 N–H and O–H groups in total. The van der Waals surface area contributed by atoms with Crippen molar-refractivity contribution in [2.24, 2.45) is 0 Å². The van der Waals surface area contributed by atoms with Gasteiger partial charge in [0.15, 0.2) is 6.10 Å². The summed E-state index contributed by atoms with van der Waals surface area (Å²) in [4.78, 5) is 14.4. The van der Waals surface area contributed by atoms with Gasteiger partial charge in [0, 0.05) is 11.8 Å². The summed E-state index contributed by atoms with van der Waals surface area (Å²) in [5.74, 6) is -1.93. The van der Waals surface area contributed by atoms with Crippen LogP contribution in [-0.2, 0) is 9.53 Å². The Morgan fingerprint density at radius 2 is 2.31 bits per heavy atom. The number of aliphatic hydroxyl groups excluding tert-OH is 2. The lowest BCUT2D eigenvalue weighted by atomic mass is 10.1. The molecule has 1 heterocycles. The van der Waals surface area contributed by atoms with E-state index in [1.54, 1.807) is 6.92 Å². The fourth-order valence-corrected chi connectivity index (χ4v) is 1.15. The summed E-state index contributed by atoms with van der Waals surface area (Å²) in [5.41, 5.74) is -0.247. The number of carbonyl (C=O) groups is 1. The van der Waals surface area contributed by atoms with Crippen LogP contribution < -0.4 is 0 Å². The van der Waals surface area contributed by atoms with Crippen molar-refractivity contribution in [2.45, 2.75) is 19.1 Å². The first-order valence-corrected chi connectivity index (χ1v) is 4.71. The lowest BCUT2D eigenvalue weighted by Crippen LogP contribution is -2.30. The second kappa shape index (κ2) is 5.53. The van der Waals surface area contributed by atoms with Crippen molar-refractivity contribution in [2.75, 3.05) is 6.61 Å². The normalized spacial score (nSPS) is 14.2. The molecule has 1 aromatic heterocycles. The van der Waals surface area contributed by atoms with Crippen LogP contribution in [0.1, 0.15) is 18.6 Å². The Bertz CT molecular complexity index is 372. The molecule has 2 atom stereocenters. The highest BCUT2D eigenvalue weighted by Crippen LogP contribution is 2.19. The molecule has 0 fully saturated rings. The quantitative estimate of drug-likeness (QED) is 0.568. The van der Waals surface area contributed by atoms with Gasteiger partial charge in [-0.15, -0.1) is 0 Å². The van der Waals surface area contributed by atoms with E-state index in [1.165, 1.54) is 18.3 Å². The first-order valence-electron chi connectivity index (χ1n) is 4.71. The number of nitrogens with zero attached hydrogens (tertiary/aromatic N) is 1. The Hall–Kier alpha value is -1.53. The monoisotopic (exact) mass is 229 g/mol. The van der Waals surface area contributed by atoms with Gasteiger partial charge in [-0.2, -0.15) is 4.39 Å². The second-order valence-electron chi connectivity index (χ2n) is 3.03. The fraction of sp³-hybridized carbons (Fsp3) is 0.400. The topological polar surface area (TPSA) is 79.7 Å². The molecule has 0 spiro atoms. The van der Waals surface area contributed by atoms with Gasteiger partial charge in [0.2, 0.25) is 5.95 Å². The molecule has 5 nitrogen and oxygen atoms in total. The van der Waals surface area contributed by atoms with Gasteiger partial charge in [-0.05, 0) is 13.0 Å². The average Bonchev–Trinajstić information content (AvgIpc) is 2.28. The van der Waals surface area contributed by atoms with Crippen LogP contribution >= 0.6 is 0 Å². The highest BCUT2D eigenvalue weighted by atomic mass is 19.1. The van der Waals surface area contributed by atoms with Gasteiger partial charge in [0.05, 0.1) is 6.61 Å². The van der Waals surface area contributed by atoms with E-state index in [-0.39, 0.29) is 12.2 Å². The summed E-state index contributed by atoms with van der Waals surface area (Å²) in [6.07, 6.45) is -2.31. The van der Waals surface area contributed by atoms with Crippen molar-refractivity contribution in [1.29, 1.82) is 0 Å². The van der Waals surface area contributed by atoms with E-state index < -0.39 is 24.1 Å². The van der Waals surface area contributed by atoms with Gasteiger partial charge in [-0.1, -0.05) is 6.07 Å². The number of aliphatic hydroxyl groups is 2. The summed E-state index contributed by atoms with van der Waals surface area (Å²) in [7, 11) is 0. The van der Waals surface area contributed by atoms with Gasteiger partial charge in [0.25, 0.3) is 0 Å². The number of hydrogen-bond acceptors (Lipinski definition) is 5. The summed E-state index contributed by atoms with van der Waals surface area (Å²) in [6, 6.07) is 2.62. The van der Waals surface area contributed by atoms with Crippen LogP contribution in [0.4, 0.5) is 4.39 Å². The molecule has 0 saturated carbocycles. The Labute approximate surface area is 91.5 Å². The SMILES string of the molecule is CCOC(=O)C(O)C(O)c1cccnc1F. The predicted octanol–water partition coefficient (Wildman–Crippen LogP) is 0.178. The largest absolute Gasteiger partial charge is 0.464 e. The Morgan fingerprint density at radius 3 is 2.88 bits per heavy atom. The summed E-state index contributed by atoms with van der Waals surface area (Å²) in [5, 5.41) is 18.9. The molecular weight excluding hydrogens is 217 g/mol. The molecular formula is C10H12FNO4. The van der Waals surface area contributed by atoms with E-state index in [0.29, 0.717) is 0 Å². The van der Waals surface area contributed by atoms with Crippen molar-refractivity contribution in [3.8, 4) is 0 Å². The van der Waals surface area contributed by atoms with Crippen LogP contribution in [0.25, 0.3) is 0 Å². The van der Waals surface area contributed by atoms with Gasteiger partial charge >= 0.3 is 5.97 Å². The minimum absolute atomic E-state index is 0.0676. The molecule has 16 heavy (non-hydrogen) atoms. The molecule has 0 aliphatic rings. The number of rotatable bonds is 4. The first-order chi connectivity index (χ1) is 7.57. The van der Waals surface area contributed by atoms with E-state index in [2.05, 4.69) is 9.72 Å². The molecule has 0 aliphatic carbocycles. The van der Waals surface area contributed by atoms with E-state index in [4.69, 9.17) is 0 Å². The molecule has 0 radical (unpaired) electrons. The minimum atomic E-state index is -1.82. The number of ether oxygens (including phenoxy) is 1. The molecule has 0 saturated heterocycles. The van der Waals surface area contributed by atoms with Crippen LogP contribution in [-0.4, -0.2) is 33.9 Å². The van der Waals surface area contributed by atoms with Crippen molar-refractivity contribution < 1.29 is 24.1 Å². The van der Waals surface area contributed by atoms with Crippen LogP contribution in [0.3, 0.4) is 0 Å². The third-order valence-electron chi connectivity index (χ3n) is 1.93.